The van der Waals surface area contributed by atoms with Crippen molar-refractivity contribution in [2.75, 3.05) is 26.7 Å². The van der Waals surface area contributed by atoms with Crippen LogP contribution in [-0.4, -0.2) is 43.7 Å². The number of likely N-dealkylation sites (tertiary alicyclic amines) is 1. The van der Waals surface area contributed by atoms with Gasteiger partial charge in [0.15, 0.2) is 0 Å². The lowest BCUT2D eigenvalue weighted by Crippen LogP contribution is -2.48. The quantitative estimate of drug-likeness (QED) is 0.699. The molecule has 88 valence electrons. The molecule has 1 aliphatic heterocycles. The van der Waals surface area contributed by atoms with E-state index in [1.165, 1.54) is 7.11 Å². The van der Waals surface area contributed by atoms with Gasteiger partial charge in [0.2, 0.25) is 0 Å². The van der Waals surface area contributed by atoms with Crippen molar-refractivity contribution in [3.63, 3.8) is 0 Å². The topological polar surface area (TPSA) is 55.6 Å². The largest absolute Gasteiger partial charge is 0.469 e. The van der Waals surface area contributed by atoms with Crippen LogP contribution in [0.2, 0.25) is 0 Å². The molecule has 2 N–H and O–H groups in total. The third-order valence-corrected chi connectivity index (χ3v) is 2.90. The summed E-state index contributed by atoms with van der Waals surface area (Å²) in [5, 5.41) is 0. The minimum Gasteiger partial charge on any atom is -0.469 e. The summed E-state index contributed by atoms with van der Waals surface area (Å²) in [6, 6.07) is 0.257. The highest BCUT2D eigenvalue weighted by molar-refractivity contribution is 5.76. The number of carbonyl (C=O) groups excluding carboxylic acids is 1. The fraction of sp³-hybridized carbons (Fsp3) is 0.909. The molecule has 0 aromatic carbocycles. The molecule has 15 heavy (non-hydrogen) atoms. The molecular formula is C11H22N2O2. The van der Waals surface area contributed by atoms with E-state index in [1.54, 1.807) is 0 Å². The molecule has 1 heterocycles. The monoisotopic (exact) mass is 214 g/mol. The van der Waals surface area contributed by atoms with Crippen molar-refractivity contribution < 1.29 is 9.53 Å². The zero-order valence-corrected chi connectivity index (χ0v) is 9.95. The number of hydrogen-bond donors (Lipinski definition) is 1. The van der Waals surface area contributed by atoms with Crippen LogP contribution >= 0.6 is 0 Å². The summed E-state index contributed by atoms with van der Waals surface area (Å²) in [6.07, 6.45) is 2.22. The molecule has 1 aliphatic rings. The Labute approximate surface area is 91.8 Å². The summed E-state index contributed by atoms with van der Waals surface area (Å²) in [4.78, 5) is 13.8. The Hall–Kier alpha value is -0.610. The van der Waals surface area contributed by atoms with Crippen LogP contribution < -0.4 is 5.73 Å². The summed E-state index contributed by atoms with van der Waals surface area (Å²) in [7, 11) is 1.44. The molecule has 0 aliphatic carbocycles. The molecule has 0 bridgehead atoms. The predicted molar refractivity (Wildman–Crippen MR) is 59.4 cm³/mol. The summed E-state index contributed by atoms with van der Waals surface area (Å²) in [6.45, 7) is 6.49. The maximum absolute atomic E-state index is 11.5. The van der Waals surface area contributed by atoms with Crippen LogP contribution in [0.4, 0.5) is 0 Å². The number of nitrogens with two attached hydrogens (primary N) is 1. The van der Waals surface area contributed by atoms with Crippen LogP contribution in [0.25, 0.3) is 0 Å². The van der Waals surface area contributed by atoms with Gasteiger partial charge in [-0.15, -0.1) is 0 Å². The van der Waals surface area contributed by atoms with Crippen LogP contribution in [0, 0.1) is 5.41 Å². The molecule has 0 spiro atoms. The normalized spacial score (nSPS) is 23.9. The number of piperidine rings is 1. The van der Waals surface area contributed by atoms with Gasteiger partial charge in [-0.1, -0.05) is 0 Å². The molecule has 4 heteroatoms. The molecule has 0 amide bonds. The lowest BCUT2D eigenvalue weighted by Gasteiger charge is -2.35. The molecule has 0 saturated carbocycles. The summed E-state index contributed by atoms with van der Waals surface area (Å²) in [5.74, 6) is -0.151. The maximum atomic E-state index is 11.5. The van der Waals surface area contributed by atoms with Gasteiger partial charge in [-0.25, -0.2) is 0 Å². The molecular weight excluding hydrogens is 192 g/mol. The third kappa shape index (κ3) is 3.47. The number of methoxy groups -OCH3 is 1. The fourth-order valence-corrected chi connectivity index (χ4v) is 2.13. The van der Waals surface area contributed by atoms with Crippen molar-refractivity contribution in [1.82, 2.24) is 4.90 Å². The highest BCUT2D eigenvalue weighted by atomic mass is 16.5. The Kier molecular flexibility index (Phi) is 4.11. The van der Waals surface area contributed by atoms with Gasteiger partial charge in [-0.3, -0.25) is 4.79 Å². The Morgan fingerprint density at radius 2 is 2.27 bits per heavy atom. The van der Waals surface area contributed by atoms with E-state index in [4.69, 9.17) is 10.5 Å². The number of hydrogen-bond acceptors (Lipinski definition) is 4. The lowest BCUT2D eigenvalue weighted by molar-refractivity contribution is -0.152. The highest BCUT2D eigenvalue weighted by Crippen LogP contribution is 2.21. The summed E-state index contributed by atoms with van der Waals surface area (Å²) < 4.78 is 4.79. The van der Waals surface area contributed by atoms with Crippen molar-refractivity contribution in [1.29, 1.82) is 0 Å². The van der Waals surface area contributed by atoms with Crippen molar-refractivity contribution >= 4 is 5.97 Å². The minimum atomic E-state index is -0.439. The first-order valence-corrected chi connectivity index (χ1v) is 5.52. The van der Waals surface area contributed by atoms with E-state index in [2.05, 4.69) is 4.90 Å². The van der Waals surface area contributed by atoms with Gasteiger partial charge in [0.25, 0.3) is 0 Å². The number of rotatable bonds is 3. The zero-order chi connectivity index (χ0) is 11.5. The molecule has 1 saturated heterocycles. The third-order valence-electron chi connectivity index (χ3n) is 2.90. The Morgan fingerprint density at radius 1 is 1.60 bits per heavy atom. The maximum Gasteiger partial charge on any atom is 0.312 e. The molecule has 0 radical (unpaired) electrons. The molecule has 1 atom stereocenters. The molecule has 1 unspecified atom stereocenters. The first-order chi connectivity index (χ1) is 6.95. The van der Waals surface area contributed by atoms with Crippen LogP contribution in [0.3, 0.4) is 0 Å². The van der Waals surface area contributed by atoms with E-state index < -0.39 is 5.41 Å². The predicted octanol–water partition coefficient (Wildman–Crippen LogP) is 0.609. The molecule has 1 rings (SSSR count). The van der Waals surface area contributed by atoms with Crippen LogP contribution in [0.5, 0.6) is 0 Å². The van der Waals surface area contributed by atoms with Crippen molar-refractivity contribution in [3.05, 3.63) is 0 Å². The van der Waals surface area contributed by atoms with Gasteiger partial charge in [-0.2, -0.15) is 0 Å². The van der Waals surface area contributed by atoms with Crippen LogP contribution in [0.1, 0.15) is 26.7 Å². The second kappa shape index (κ2) is 4.94. The van der Waals surface area contributed by atoms with E-state index in [0.717, 1.165) is 32.5 Å². The second-order valence-corrected chi connectivity index (χ2v) is 5.01. The number of nitrogens with zero attached hydrogens (tertiary/aromatic N) is 1. The Morgan fingerprint density at radius 3 is 2.80 bits per heavy atom. The molecule has 1 fully saturated rings. The first-order valence-electron chi connectivity index (χ1n) is 5.52. The Balaban J connectivity index is 2.49. The highest BCUT2D eigenvalue weighted by Gasteiger charge is 2.32. The SMILES string of the molecule is COC(=O)C(C)(C)CN1CCCC(N)C1. The van der Waals surface area contributed by atoms with Crippen molar-refractivity contribution in [2.24, 2.45) is 11.1 Å². The van der Waals surface area contributed by atoms with E-state index >= 15 is 0 Å². The molecule has 4 nitrogen and oxygen atoms in total. The number of esters is 1. The van der Waals surface area contributed by atoms with Crippen molar-refractivity contribution in [3.8, 4) is 0 Å². The van der Waals surface area contributed by atoms with E-state index in [1.807, 2.05) is 13.8 Å². The smallest absolute Gasteiger partial charge is 0.312 e. The fourth-order valence-electron chi connectivity index (χ4n) is 2.13. The van der Waals surface area contributed by atoms with Gasteiger partial charge >= 0.3 is 5.97 Å². The van der Waals surface area contributed by atoms with E-state index in [0.29, 0.717) is 0 Å². The standard InChI is InChI=1S/C11H22N2O2/c1-11(2,10(14)15-3)8-13-6-4-5-9(12)7-13/h9H,4-8,12H2,1-3H3. The summed E-state index contributed by atoms with van der Waals surface area (Å²) in [5.41, 5.74) is 5.46. The average molecular weight is 214 g/mol. The van der Waals surface area contributed by atoms with Gasteiger partial charge in [0, 0.05) is 19.1 Å². The second-order valence-electron chi connectivity index (χ2n) is 5.01. The van der Waals surface area contributed by atoms with E-state index in [-0.39, 0.29) is 12.0 Å². The van der Waals surface area contributed by atoms with Crippen molar-refractivity contribution in [2.45, 2.75) is 32.7 Å². The Bertz CT molecular complexity index is 229. The van der Waals surface area contributed by atoms with Gasteiger partial charge < -0.3 is 15.4 Å². The summed E-state index contributed by atoms with van der Waals surface area (Å²) >= 11 is 0. The lowest BCUT2D eigenvalue weighted by atomic mass is 9.91. The first kappa shape index (κ1) is 12.5. The van der Waals surface area contributed by atoms with E-state index in [9.17, 15) is 4.79 Å². The zero-order valence-electron chi connectivity index (χ0n) is 9.95. The molecule has 0 aromatic rings. The number of ether oxygens (including phenoxy) is 1. The van der Waals surface area contributed by atoms with Crippen LogP contribution in [0.15, 0.2) is 0 Å². The van der Waals surface area contributed by atoms with Gasteiger partial charge in [0.05, 0.1) is 12.5 Å². The average Bonchev–Trinajstić information content (AvgIpc) is 2.15. The minimum absolute atomic E-state index is 0.151. The number of carbonyl (C=O) groups is 1. The van der Waals surface area contributed by atoms with Crippen LogP contribution in [-0.2, 0) is 9.53 Å². The van der Waals surface area contributed by atoms with Gasteiger partial charge in [0.1, 0.15) is 0 Å². The molecule has 0 aromatic heterocycles. The van der Waals surface area contributed by atoms with Gasteiger partial charge in [-0.05, 0) is 33.2 Å².